The van der Waals surface area contributed by atoms with Crippen molar-refractivity contribution in [2.24, 2.45) is 0 Å². The molecular formula is C18H14FNO4. The molecule has 0 aromatic heterocycles. The number of rotatable bonds is 3. The van der Waals surface area contributed by atoms with Crippen molar-refractivity contribution in [2.45, 2.75) is 6.54 Å². The highest BCUT2D eigenvalue weighted by Crippen LogP contribution is 2.32. The number of hydrogen-bond donors (Lipinski definition) is 1. The molecule has 6 heteroatoms. The number of halogens is 1. The van der Waals surface area contributed by atoms with Gasteiger partial charge >= 0.3 is 0 Å². The van der Waals surface area contributed by atoms with Crippen molar-refractivity contribution >= 4 is 12.0 Å². The zero-order valence-corrected chi connectivity index (χ0v) is 12.7. The van der Waals surface area contributed by atoms with Crippen LogP contribution >= 0.6 is 0 Å². The van der Waals surface area contributed by atoms with Crippen LogP contribution in [0.4, 0.5) is 4.39 Å². The average Bonchev–Trinajstić information content (AvgIpc) is 3.06. The van der Waals surface area contributed by atoms with Gasteiger partial charge in [-0.1, -0.05) is 6.07 Å². The predicted octanol–water partition coefficient (Wildman–Crippen LogP) is 2.65. The molecule has 0 radical (unpaired) electrons. The van der Waals surface area contributed by atoms with E-state index in [9.17, 15) is 9.18 Å². The Hall–Kier alpha value is -3.02. The molecule has 4 rings (SSSR count). The number of amides is 1. The Morgan fingerprint density at radius 1 is 1.04 bits per heavy atom. The van der Waals surface area contributed by atoms with Crippen molar-refractivity contribution in [3.8, 4) is 17.2 Å². The lowest BCUT2D eigenvalue weighted by molar-refractivity contribution is -0.117. The summed E-state index contributed by atoms with van der Waals surface area (Å²) in [5.74, 6) is 1.33. The third-order valence-corrected chi connectivity index (χ3v) is 3.87. The van der Waals surface area contributed by atoms with Gasteiger partial charge in [-0.15, -0.1) is 0 Å². The summed E-state index contributed by atoms with van der Waals surface area (Å²) < 4.78 is 29.3. The van der Waals surface area contributed by atoms with Crippen LogP contribution in [-0.4, -0.2) is 19.3 Å². The molecule has 2 aliphatic heterocycles. The van der Waals surface area contributed by atoms with E-state index in [2.05, 4.69) is 5.32 Å². The van der Waals surface area contributed by atoms with Crippen LogP contribution in [0.25, 0.3) is 6.08 Å². The largest absolute Gasteiger partial charge is 0.488 e. The summed E-state index contributed by atoms with van der Waals surface area (Å²) in [7, 11) is 0. The molecule has 0 fully saturated rings. The first-order valence-electron chi connectivity index (χ1n) is 7.49. The predicted molar refractivity (Wildman–Crippen MR) is 84.3 cm³/mol. The Morgan fingerprint density at radius 3 is 2.79 bits per heavy atom. The summed E-state index contributed by atoms with van der Waals surface area (Å²) in [5, 5.41) is 2.83. The summed E-state index contributed by atoms with van der Waals surface area (Å²) in [6.07, 6.45) is 1.65. The number of carbonyl (C=O) groups excluding carboxylic acids is 1. The molecule has 0 bridgehead atoms. The lowest BCUT2D eigenvalue weighted by Crippen LogP contribution is -2.28. The molecule has 0 spiro atoms. The Kier molecular flexibility index (Phi) is 3.57. The van der Waals surface area contributed by atoms with Crippen LogP contribution in [0.1, 0.15) is 11.1 Å². The quantitative estimate of drug-likeness (QED) is 0.942. The lowest BCUT2D eigenvalue weighted by atomic mass is 10.1. The van der Waals surface area contributed by atoms with E-state index < -0.39 is 0 Å². The van der Waals surface area contributed by atoms with Gasteiger partial charge in [-0.05, 0) is 42.0 Å². The fraction of sp³-hybridized carbons (Fsp3) is 0.167. The van der Waals surface area contributed by atoms with Gasteiger partial charge in [0.1, 0.15) is 18.2 Å². The molecule has 2 heterocycles. The third kappa shape index (κ3) is 2.78. The number of carbonyl (C=O) groups is 1. The molecule has 5 nitrogen and oxygen atoms in total. The fourth-order valence-corrected chi connectivity index (χ4v) is 2.63. The van der Waals surface area contributed by atoms with Crippen molar-refractivity contribution in [2.75, 3.05) is 13.4 Å². The van der Waals surface area contributed by atoms with Crippen LogP contribution in [0.3, 0.4) is 0 Å². The average molecular weight is 327 g/mol. The summed E-state index contributed by atoms with van der Waals surface area (Å²) >= 11 is 0. The highest BCUT2D eigenvalue weighted by atomic mass is 19.1. The second kappa shape index (κ2) is 5.88. The van der Waals surface area contributed by atoms with Crippen LogP contribution < -0.4 is 19.5 Å². The normalized spacial score (nSPS) is 14.5. The minimum Gasteiger partial charge on any atom is -0.488 e. The van der Waals surface area contributed by atoms with E-state index in [1.165, 1.54) is 12.1 Å². The van der Waals surface area contributed by atoms with Gasteiger partial charge in [0.25, 0.3) is 5.91 Å². The maximum atomic E-state index is 13.3. The topological polar surface area (TPSA) is 56.8 Å². The van der Waals surface area contributed by atoms with E-state index in [1.807, 2.05) is 18.2 Å². The molecule has 24 heavy (non-hydrogen) atoms. The van der Waals surface area contributed by atoms with Crippen LogP contribution in [0.2, 0.25) is 0 Å². The summed E-state index contributed by atoms with van der Waals surface area (Å²) in [4.78, 5) is 12.3. The maximum absolute atomic E-state index is 13.3. The Labute approximate surface area is 137 Å². The summed E-state index contributed by atoms with van der Waals surface area (Å²) in [5.41, 5.74) is 1.92. The molecule has 2 aromatic carbocycles. The van der Waals surface area contributed by atoms with E-state index >= 15 is 0 Å². The maximum Gasteiger partial charge on any atom is 0.250 e. The Balaban J connectivity index is 1.45. The summed E-state index contributed by atoms with van der Waals surface area (Å²) in [6.45, 7) is 0.722. The first-order chi connectivity index (χ1) is 11.7. The molecule has 0 atom stereocenters. The molecule has 0 aliphatic carbocycles. The Morgan fingerprint density at radius 2 is 1.88 bits per heavy atom. The number of fused-ring (bicyclic) bond motifs is 2. The molecule has 0 saturated carbocycles. The summed E-state index contributed by atoms with van der Waals surface area (Å²) in [6, 6.07) is 9.74. The van der Waals surface area contributed by atoms with E-state index in [-0.39, 0.29) is 25.1 Å². The van der Waals surface area contributed by atoms with E-state index in [0.29, 0.717) is 34.9 Å². The van der Waals surface area contributed by atoms with Crippen molar-refractivity contribution in [3.63, 3.8) is 0 Å². The second-order valence-corrected chi connectivity index (χ2v) is 5.51. The van der Waals surface area contributed by atoms with Crippen molar-refractivity contribution in [3.05, 3.63) is 58.9 Å². The highest BCUT2D eigenvalue weighted by molar-refractivity contribution is 5.99. The Bertz CT molecular complexity index is 847. The molecular weight excluding hydrogens is 313 g/mol. The van der Waals surface area contributed by atoms with Gasteiger partial charge in [0.05, 0.1) is 5.57 Å². The zero-order valence-electron chi connectivity index (χ0n) is 12.7. The number of ether oxygens (including phenoxy) is 3. The van der Waals surface area contributed by atoms with Crippen LogP contribution in [0.15, 0.2) is 42.0 Å². The minimum atomic E-state index is -0.365. The van der Waals surface area contributed by atoms with Gasteiger partial charge in [-0.25, -0.2) is 4.39 Å². The lowest BCUT2D eigenvalue weighted by Gasteiger charge is -2.17. The van der Waals surface area contributed by atoms with Crippen LogP contribution in [-0.2, 0) is 11.3 Å². The van der Waals surface area contributed by atoms with E-state index in [4.69, 9.17) is 14.2 Å². The molecule has 2 aliphatic rings. The van der Waals surface area contributed by atoms with Gasteiger partial charge in [0.2, 0.25) is 6.79 Å². The smallest absolute Gasteiger partial charge is 0.250 e. The fourth-order valence-electron chi connectivity index (χ4n) is 2.63. The first-order valence-corrected chi connectivity index (χ1v) is 7.49. The second-order valence-electron chi connectivity index (χ2n) is 5.51. The minimum absolute atomic E-state index is 0.158. The molecule has 2 aromatic rings. The van der Waals surface area contributed by atoms with E-state index in [0.717, 1.165) is 5.56 Å². The highest BCUT2D eigenvalue weighted by Gasteiger charge is 2.18. The van der Waals surface area contributed by atoms with Gasteiger partial charge in [0.15, 0.2) is 11.5 Å². The van der Waals surface area contributed by atoms with Crippen molar-refractivity contribution in [1.82, 2.24) is 5.32 Å². The molecule has 122 valence electrons. The van der Waals surface area contributed by atoms with Gasteiger partial charge in [-0.2, -0.15) is 0 Å². The number of benzene rings is 2. The monoisotopic (exact) mass is 327 g/mol. The first kappa shape index (κ1) is 14.6. The van der Waals surface area contributed by atoms with E-state index in [1.54, 1.807) is 12.1 Å². The van der Waals surface area contributed by atoms with Gasteiger partial charge < -0.3 is 19.5 Å². The number of hydrogen-bond acceptors (Lipinski definition) is 4. The number of nitrogens with one attached hydrogen (secondary N) is 1. The van der Waals surface area contributed by atoms with Gasteiger partial charge in [-0.3, -0.25) is 4.79 Å². The standard InChI is InChI=1S/C18H14FNO4/c19-14-2-4-15-12(7-14)6-13(9-22-15)18(21)20-8-11-1-3-16-17(5-11)24-10-23-16/h1-7H,8-10H2,(H,20,21). The third-order valence-electron chi connectivity index (χ3n) is 3.87. The molecule has 0 saturated heterocycles. The van der Waals surface area contributed by atoms with Crippen molar-refractivity contribution < 1.29 is 23.4 Å². The molecule has 0 unspecified atom stereocenters. The van der Waals surface area contributed by atoms with Crippen LogP contribution in [0, 0.1) is 5.82 Å². The SMILES string of the molecule is O=C(NCc1ccc2c(c1)OCO2)C1=Cc2cc(F)ccc2OC1. The van der Waals surface area contributed by atoms with Crippen molar-refractivity contribution in [1.29, 1.82) is 0 Å². The molecule has 1 amide bonds. The zero-order chi connectivity index (χ0) is 16.5. The molecule has 1 N–H and O–H groups in total. The van der Waals surface area contributed by atoms with Gasteiger partial charge in [0, 0.05) is 12.1 Å². The van der Waals surface area contributed by atoms with Crippen LogP contribution in [0.5, 0.6) is 17.2 Å².